The van der Waals surface area contributed by atoms with Gasteiger partial charge in [-0.05, 0) is 25.1 Å². The summed E-state index contributed by atoms with van der Waals surface area (Å²) in [6.07, 6.45) is 0.905. The van der Waals surface area contributed by atoms with E-state index in [1.54, 1.807) is 18.2 Å². The lowest BCUT2D eigenvalue weighted by atomic mass is 10.3. The first-order chi connectivity index (χ1) is 10.3. The van der Waals surface area contributed by atoms with E-state index in [9.17, 15) is 9.90 Å². The highest BCUT2D eigenvalue weighted by molar-refractivity contribution is 5.77. The number of carbonyl (C=O) groups is 1. The number of phenolic OH excluding ortho intramolecular Hbond substituents is 1. The summed E-state index contributed by atoms with van der Waals surface area (Å²) in [6, 6.07) is 6.60. The van der Waals surface area contributed by atoms with Crippen molar-refractivity contribution in [3.05, 3.63) is 24.3 Å². The van der Waals surface area contributed by atoms with E-state index in [1.165, 1.54) is 6.07 Å². The molecule has 0 aromatic heterocycles. The normalized spacial score (nSPS) is 15.6. The van der Waals surface area contributed by atoms with E-state index in [4.69, 9.17) is 9.47 Å². The van der Waals surface area contributed by atoms with Gasteiger partial charge >= 0.3 is 0 Å². The van der Waals surface area contributed by atoms with Gasteiger partial charge < -0.3 is 19.9 Å². The van der Waals surface area contributed by atoms with Gasteiger partial charge in [0.15, 0.2) is 18.1 Å². The van der Waals surface area contributed by atoms with Gasteiger partial charge in [0.05, 0.1) is 13.2 Å². The molecule has 0 radical (unpaired) electrons. The topological polar surface area (TPSA) is 71.0 Å². The number of hydrogen-bond acceptors (Lipinski definition) is 5. The number of rotatable bonds is 7. The fourth-order valence-electron chi connectivity index (χ4n) is 2.13. The van der Waals surface area contributed by atoms with Crippen molar-refractivity contribution in [1.82, 2.24) is 10.2 Å². The van der Waals surface area contributed by atoms with E-state index in [1.807, 2.05) is 0 Å². The Morgan fingerprint density at radius 1 is 1.33 bits per heavy atom. The molecule has 21 heavy (non-hydrogen) atoms. The number of morpholine rings is 1. The average molecular weight is 294 g/mol. The van der Waals surface area contributed by atoms with Crippen LogP contribution in [-0.2, 0) is 9.53 Å². The van der Waals surface area contributed by atoms with Crippen LogP contribution in [0.4, 0.5) is 0 Å². The van der Waals surface area contributed by atoms with Gasteiger partial charge in [0.2, 0.25) is 0 Å². The molecular formula is C15H22N2O4. The molecule has 0 bridgehead atoms. The first-order valence-electron chi connectivity index (χ1n) is 7.23. The summed E-state index contributed by atoms with van der Waals surface area (Å²) >= 11 is 0. The Labute approximate surface area is 124 Å². The molecule has 1 heterocycles. The molecule has 6 heteroatoms. The highest BCUT2D eigenvalue weighted by Crippen LogP contribution is 2.23. The first kappa shape index (κ1) is 15.6. The molecule has 0 saturated carbocycles. The Kier molecular flexibility index (Phi) is 6.30. The predicted octanol–water partition coefficient (Wildman–Crippen LogP) is 0.609. The molecule has 2 N–H and O–H groups in total. The summed E-state index contributed by atoms with van der Waals surface area (Å²) in [5.74, 6) is 0.179. The Hall–Kier alpha value is -1.79. The minimum absolute atomic E-state index is 0.0395. The number of phenols is 1. The lowest BCUT2D eigenvalue weighted by Gasteiger charge is -2.26. The lowest BCUT2D eigenvalue weighted by molar-refractivity contribution is -0.123. The van der Waals surface area contributed by atoms with Crippen LogP contribution >= 0.6 is 0 Å². The second kappa shape index (κ2) is 8.49. The number of ether oxygens (including phenoxy) is 2. The van der Waals surface area contributed by atoms with Crippen molar-refractivity contribution in [3.63, 3.8) is 0 Å². The van der Waals surface area contributed by atoms with Crippen molar-refractivity contribution in [2.45, 2.75) is 6.42 Å². The lowest BCUT2D eigenvalue weighted by Crippen LogP contribution is -2.38. The van der Waals surface area contributed by atoms with Crippen molar-refractivity contribution in [2.75, 3.05) is 46.0 Å². The molecule has 0 unspecified atom stereocenters. The zero-order chi connectivity index (χ0) is 14.9. The zero-order valence-corrected chi connectivity index (χ0v) is 12.1. The molecule has 116 valence electrons. The smallest absolute Gasteiger partial charge is 0.257 e. The molecule has 2 rings (SSSR count). The second-order valence-corrected chi connectivity index (χ2v) is 4.91. The SMILES string of the molecule is O=C(COc1ccccc1O)NCCCN1CCOCC1. The second-order valence-electron chi connectivity index (χ2n) is 4.91. The minimum atomic E-state index is -0.180. The number of para-hydroxylation sites is 2. The first-order valence-corrected chi connectivity index (χ1v) is 7.23. The van der Waals surface area contributed by atoms with Gasteiger partial charge in [0, 0.05) is 19.6 Å². The molecule has 0 spiro atoms. The highest BCUT2D eigenvalue weighted by atomic mass is 16.5. The monoisotopic (exact) mass is 294 g/mol. The van der Waals surface area contributed by atoms with Crippen molar-refractivity contribution in [2.24, 2.45) is 0 Å². The number of nitrogens with zero attached hydrogens (tertiary/aromatic N) is 1. The molecule has 1 aromatic carbocycles. The summed E-state index contributed by atoms with van der Waals surface area (Å²) in [4.78, 5) is 14.0. The van der Waals surface area contributed by atoms with Gasteiger partial charge in [0.1, 0.15) is 0 Å². The number of benzene rings is 1. The van der Waals surface area contributed by atoms with Crippen LogP contribution in [0.3, 0.4) is 0 Å². The van der Waals surface area contributed by atoms with Crippen molar-refractivity contribution >= 4 is 5.91 Å². The summed E-state index contributed by atoms with van der Waals surface area (Å²) in [7, 11) is 0. The Morgan fingerprint density at radius 3 is 2.86 bits per heavy atom. The molecule has 6 nitrogen and oxygen atoms in total. The Bertz CT molecular complexity index is 447. The number of nitrogens with one attached hydrogen (secondary N) is 1. The predicted molar refractivity (Wildman–Crippen MR) is 78.5 cm³/mol. The summed E-state index contributed by atoms with van der Waals surface area (Å²) in [5.41, 5.74) is 0. The maximum Gasteiger partial charge on any atom is 0.257 e. The van der Waals surface area contributed by atoms with Gasteiger partial charge in [-0.15, -0.1) is 0 Å². The van der Waals surface area contributed by atoms with E-state index in [2.05, 4.69) is 10.2 Å². The summed E-state index contributed by atoms with van der Waals surface area (Å²) in [6.45, 7) is 5.01. The average Bonchev–Trinajstić information content (AvgIpc) is 2.52. The molecule has 0 atom stereocenters. The number of carbonyl (C=O) groups excluding carboxylic acids is 1. The largest absolute Gasteiger partial charge is 0.504 e. The molecule has 1 amide bonds. The summed E-state index contributed by atoms with van der Waals surface area (Å²) < 4.78 is 10.5. The fourth-order valence-corrected chi connectivity index (χ4v) is 2.13. The quantitative estimate of drug-likeness (QED) is 0.721. The van der Waals surface area contributed by atoms with Crippen LogP contribution in [0, 0.1) is 0 Å². The van der Waals surface area contributed by atoms with Crippen molar-refractivity contribution in [3.8, 4) is 11.5 Å². The van der Waals surface area contributed by atoms with Gasteiger partial charge in [-0.3, -0.25) is 9.69 Å². The Balaban J connectivity index is 1.56. The van der Waals surface area contributed by atoms with E-state index < -0.39 is 0 Å². The van der Waals surface area contributed by atoms with Gasteiger partial charge in [-0.2, -0.15) is 0 Å². The summed E-state index contributed by atoms with van der Waals surface area (Å²) in [5, 5.41) is 12.3. The van der Waals surface area contributed by atoms with E-state index in [0.717, 1.165) is 39.3 Å². The Morgan fingerprint density at radius 2 is 2.10 bits per heavy atom. The fraction of sp³-hybridized carbons (Fsp3) is 0.533. The van der Waals surface area contributed by atoms with Gasteiger partial charge in [0.25, 0.3) is 5.91 Å². The number of aromatic hydroxyl groups is 1. The van der Waals surface area contributed by atoms with Crippen LogP contribution in [0.2, 0.25) is 0 Å². The minimum Gasteiger partial charge on any atom is -0.504 e. The molecule has 1 aromatic rings. The molecule has 1 saturated heterocycles. The van der Waals surface area contributed by atoms with Crippen LogP contribution in [0.1, 0.15) is 6.42 Å². The van der Waals surface area contributed by atoms with E-state index >= 15 is 0 Å². The zero-order valence-electron chi connectivity index (χ0n) is 12.1. The molecule has 1 aliphatic rings. The van der Waals surface area contributed by atoms with Crippen molar-refractivity contribution in [1.29, 1.82) is 0 Å². The third-order valence-corrected chi connectivity index (χ3v) is 3.30. The molecule has 1 aliphatic heterocycles. The van der Waals surface area contributed by atoms with Crippen molar-refractivity contribution < 1.29 is 19.4 Å². The molecule has 1 fully saturated rings. The highest BCUT2D eigenvalue weighted by Gasteiger charge is 2.10. The maximum atomic E-state index is 11.6. The van der Waals surface area contributed by atoms with Crippen LogP contribution < -0.4 is 10.1 Å². The number of amides is 1. The van der Waals surface area contributed by atoms with Crippen LogP contribution in [0.15, 0.2) is 24.3 Å². The third kappa shape index (κ3) is 5.61. The number of hydrogen-bond donors (Lipinski definition) is 2. The standard InChI is InChI=1S/C15H22N2O4/c18-13-4-1-2-5-14(13)21-12-15(19)16-6-3-7-17-8-10-20-11-9-17/h1-2,4-5,18H,3,6-12H2,(H,16,19). The molecule has 0 aliphatic carbocycles. The third-order valence-electron chi connectivity index (χ3n) is 3.30. The molecular weight excluding hydrogens is 272 g/mol. The van der Waals surface area contributed by atoms with Crippen LogP contribution in [0.5, 0.6) is 11.5 Å². The van der Waals surface area contributed by atoms with Crippen LogP contribution in [-0.4, -0.2) is 61.9 Å². The van der Waals surface area contributed by atoms with E-state index in [0.29, 0.717) is 12.3 Å². The van der Waals surface area contributed by atoms with Gasteiger partial charge in [-0.25, -0.2) is 0 Å². The maximum absolute atomic E-state index is 11.6. The van der Waals surface area contributed by atoms with Crippen LogP contribution in [0.25, 0.3) is 0 Å². The van der Waals surface area contributed by atoms with E-state index in [-0.39, 0.29) is 18.3 Å². The van der Waals surface area contributed by atoms with Gasteiger partial charge in [-0.1, -0.05) is 12.1 Å².